The molecule has 0 aromatic carbocycles. The number of alkyl halides is 1. The summed E-state index contributed by atoms with van der Waals surface area (Å²) in [5, 5.41) is 6.52. The normalized spacial score (nSPS) is 29.0. The first kappa shape index (κ1) is 17.4. The van der Waals surface area contributed by atoms with E-state index < -0.39 is 0 Å². The first-order chi connectivity index (χ1) is 13.3. The van der Waals surface area contributed by atoms with E-state index >= 15 is 0 Å². The number of aromatic amines is 1. The molecule has 0 bridgehead atoms. The van der Waals surface area contributed by atoms with E-state index in [9.17, 15) is 0 Å². The number of morpholine rings is 1. The van der Waals surface area contributed by atoms with Crippen LogP contribution in [0.2, 0.25) is 0 Å². The monoisotopic (exact) mass is 388 g/mol. The summed E-state index contributed by atoms with van der Waals surface area (Å²) in [7, 11) is 0. The number of H-pyrrole nitrogens is 1. The Morgan fingerprint density at radius 3 is 2.78 bits per heavy atom. The van der Waals surface area contributed by atoms with Crippen LogP contribution < -0.4 is 16.0 Å². The van der Waals surface area contributed by atoms with Gasteiger partial charge in [0.25, 0.3) is 0 Å². The lowest BCUT2D eigenvalue weighted by Gasteiger charge is -2.39. The van der Waals surface area contributed by atoms with Crippen molar-refractivity contribution in [3.05, 3.63) is 17.0 Å². The fourth-order valence-electron chi connectivity index (χ4n) is 4.55. The number of ether oxygens (including phenoxy) is 1. The number of nitrogens with zero attached hydrogens (tertiary/aromatic N) is 4. The van der Waals surface area contributed by atoms with Gasteiger partial charge in [-0.05, 0) is 25.7 Å². The average molecular weight is 389 g/mol. The van der Waals surface area contributed by atoms with Gasteiger partial charge in [-0.3, -0.25) is 9.89 Å². The lowest BCUT2D eigenvalue weighted by Crippen LogP contribution is -2.46. The second-order valence-corrected chi connectivity index (χ2v) is 8.14. The zero-order valence-corrected chi connectivity index (χ0v) is 16.1. The second kappa shape index (κ2) is 7.37. The highest BCUT2D eigenvalue weighted by molar-refractivity contribution is 6.20. The minimum Gasteiger partial charge on any atom is -0.379 e. The van der Waals surface area contributed by atoms with Crippen molar-refractivity contribution < 1.29 is 4.74 Å². The van der Waals surface area contributed by atoms with Crippen LogP contribution >= 0.6 is 11.6 Å². The molecule has 1 unspecified atom stereocenters. The summed E-state index contributed by atoms with van der Waals surface area (Å²) >= 11 is 6.25. The molecule has 1 saturated carbocycles. The number of rotatable bonds is 3. The smallest absolute Gasteiger partial charge is 0.145 e. The quantitative estimate of drug-likeness (QED) is 0.613. The van der Waals surface area contributed by atoms with Crippen molar-refractivity contribution in [3.63, 3.8) is 0 Å². The molecule has 144 valence electrons. The fourth-order valence-corrected chi connectivity index (χ4v) is 4.73. The third-order valence-electron chi connectivity index (χ3n) is 5.98. The van der Waals surface area contributed by atoms with Gasteiger partial charge in [-0.25, -0.2) is 9.97 Å². The molecule has 2 aliphatic heterocycles. The SMILES string of the molecule is ClC1CC=c2[nH]c3ncnc(NC4CCC(N5CCOCC5)CC4)c3c2=N1. The molecule has 8 heteroatoms. The van der Waals surface area contributed by atoms with Crippen LogP contribution in [0.1, 0.15) is 32.1 Å². The molecule has 7 nitrogen and oxygen atoms in total. The molecule has 5 rings (SSSR count). The Morgan fingerprint density at radius 1 is 1.15 bits per heavy atom. The van der Waals surface area contributed by atoms with Gasteiger partial charge in [0.2, 0.25) is 0 Å². The largest absolute Gasteiger partial charge is 0.379 e. The number of hydrogen-bond acceptors (Lipinski definition) is 6. The third kappa shape index (κ3) is 3.44. The third-order valence-corrected chi connectivity index (χ3v) is 6.25. The van der Waals surface area contributed by atoms with E-state index in [1.54, 1.807) is 6.33 Å². The lowest BCUT2D eigenvalue weighted by molar-refractivity contribution is 0.00791. The molecule has 1 atom stereocenters. The number of halogens is 1. The summed E-state index contributed by atoms with van der Waals surface area (Å²) in [4.78, 5) is 19.5. The summed E-state index contributed by atoms with van der Waals surface area (Å²) in [5.41, 5.74) is 0.610. The highest BCUT2D eigenvalue weighted by atomic mass is 35.5. The second-order valence-electron chi connectivity index (χ2n) is 7.63. The predicted octanol–water partition coefficient (Wildman–Crippen LogP) is 1.38. The van der Waals surface area contributed by atoms with Gasteiger partial charge in [0.1, 0.15) is 23.3 Å². The average Bonchev–Trinajstić information content (AvgIpc) is 3.08. The van der Waals surface area contributed by atoms with Crippen molar-refractivity contribution in [2.45, 2.75) is 49.7 Å². The van der Waals surface area contributed by atoms with Crippen LogP contribution in [0.3, 0.4) is 0 Å². The first-order valence-corrected chi connectivity index (χ1v) is 10.3. The fraction of sp³-hybridized carbons (Fsp3) is 0.632. The number of fused-ring (bicyclic) bond motifs is 3. The Balaban J connectivity index is 1.34. The predicted molar refractivity (Wildman–Crippen MR) is 105 cm³/mol. The Kier molecular flexibility index (Phi) is 4.75. The van der Waals surface area contributed by atoms with E-state index in [1.165, 1.54) is 12.8 Å². The van der Waals surface area contributed by atoms with Gasteiger partial charge >= 0.3 is 0 Å². The standard InChI is InChI=1S/C19H25ClN6O/c20-15-6-5-14-17(25-15)16-18(21-11-22-19(16)24-14)23-12-1-3-13(4-2-12)26-7-9-27-10-8-26/h5,11-13,15H,1-4,6-10H2,(H2,21,22,23,24). The van der Waals surface area contributed by atoms with Crippen molar-refractivity contribution in [1.82, 2.24) is 19.9 Å². The summed E-state index contributed by atoms with van der Waals surface area (Å²) in [6.45, 7) is 3.89. The molecule has 3 aliphatic rings. The molecular weight excluding hydrogens is 364 g/mol. The van der Waals surface area contributed by atoms with E-state index in [-0.39, 0.29) is 5.50 Å². The molecule has 27 heavy (non-hydrogen) atoms. The molecule has 2 fully saturated rings. The number of aromatic nitrogens is 3. The summed E-state index contributed by atoms with van der Waals surface area (Å²) in [5.74, 6) is 0.871. The Hall–Kier alpha value is -1.70. The van der Waals surface area contributed by atoms with Crippen LogP contribution in [0, 0.1) is 0 Å². The maximum atomic E-state index is 6.25. The van der Waals surface area contributed by atoms with Crippen molar-refractivity contribution in [3.8, 4) is 0 Å². The molecule has 4 heterocycles. The van der Waals surface area contributed by atoms with Crippen LogP contribution in [0.25, 0.3) is 17.1 Å². The minimum atomic E-state index is -0.214. The van der Waals surface area contributed by atoms with E-state index in [1.807, 2.05) is 0 Å². The Morgan fingerprint density at radius 2 is 1.96 bits per heavy atom. The van der Waals surface area contributed by atoms with E-state index in [4.69, 9.17) is 16.3 Å². The Bertz CT molecular complexity index is 930. The number of nitrogens with one attached hydrogen (secondary N) is 2. The van der Waals surface area contributed by atoms with E-state index in [2.05, 4.69) is 36.2 Å². The van der Waals surface area contributed by atoms with Crippen molar-refractivity contribution in [2.24, 2.45) is 4.99 Å². The molecule has 0 amide bonds. The highest BCUT2D eigenvalue weighted by Crippen LogP contribution is 2.27. The van der Waals surface area contributed by atoms with Gasteiger partial charge in [-0.1, -0.05) is 17.7 Å². The molecule has 0 radical (unpaired) electrons. The van der Waals surface area contributed by atoms with Crippen LogP contribution in [0.4, 0.5) is 5.82 Å². The van der Waals surface area contributed by atoms with Crippen LogP contribution in [-0.4, -0.2) is 63.7 Å². The van der Waals surface area contributed by atoms with Gasteiger partial charge in [0.05, 0.1) is 29.3 Å². The molecular formula is C19H25ClN6O. The maximum Gasteiger partial charge on any atom is 0.145 e. The zero-order valence-electron chi connectivity index (χ0n) is 15.3. The van der Waals surface area contributed by atoms with Gasteiger partial charge in [-0.15, -0.1) is 0 Å². The van der Waals surface area contributed by atoms with Crippen LogP contribution in [-0.2, 0) is 4.74 Å². The van der Waals surface area contributed by atoms with Crippen molar-refractivity contribution in [1.29, 1.82) is 0 Å². The molecule has 0 spiro atoms. The van der Waals surface area contributed by atoms with E-state index in [0.717, 1.165) is 73.1 Å². The number of hydrogen-bond donors (Lipinski definition) is 2. The van der Waals surface area contributed by atoms with E-state index in [0.29, 0.717) is 12.1 Å². The van der Waals surface area contributed by atoms with Crippen molar-refractivity contribution in [2.75, 3.05) is 31.6 Å². The summed E-state index contributed by atoms with van der Waals surface area (Å²) in [6, 6.07) is 1.13. The molecule has 1 aliphatic carbocycles. The molecule has 2 aromatic rings. The van der Waals surface area contributed by atoms with Gasteiger partial charge in [-0.2, -0.15) is 0 Å². The Labute approximate surface area is 162 Å². The van der Waals surface area contributed by atoms with Gasteiger partial charge in [0, 0.05) is 31.6 Å². The zero-order chi connectivity index (χ0) is 18.2. The molecule has 2 N–H and O–H groups in total. The maximum absolute atomic E-state index is 6.25. The van der Waals surface area contributed by atoms with Crippen LogP contribution in [0.15, 0.2) is 11.3 Å². The van der Waals surface area contributed by atoms with Gasteiger partial charge < -0.3 is 15.0 Å². The summed E-state index contributed by atoms with van der Waals surface area (Å²) in [6.07, 6.45) is 9.20. The topological polar surface area (TPSA) is 78.4 Å². The minimum absolute atomic E-state index is 0.214. The summed E-state index contributed by atoms with van der Waals surface area (Å²) < 4.78 is 5.48. The van der Waals surface area contributed by atoms with Crippen LogP contribution in [0.5, 0.6) is 0 Å². The lowest BCUT2D eigenvalue weighted by atomic mass is 9.90. The molecule has 2 aromatic heterocycles. The number of anilines is 1. The molecule has 1 saturated heterocycles. The highest BCUT2D eigenvalue weighted by Gasteiger charge is 2.27. The first-order valence-electron chi connectivity index (χ1n) is 9.91. The van der Waals surface area contributed by atoms with Crippen molar-refractivity contribution >= 4 is 34.5 Å². The van der Waals surface area contributed by atoms with Gasteiger partial charge in [0.15, 0.2) is 0 Å².